The molecule has 3 nitrogen and oxygen atoms in total. The van der Waals surface area contributed by atoms with E-state index in [0.29, 0.717) is 5.82 Å². The molecule has 0 aromatic carbocycles. The van der Waals surface area contributed by atoms with Crippen molar-refractivity contribution in [3.05, 3.63) is 6.07 Å². The smallest absolute Gasteiger partial charge is 0.139 e. The van der Waals surface area contributed by atoms with Crippen molar-refractivity contribution in [2.24, 2.45) is 5.92 Å². The first kappa shape index (κ1) is 9.77. The fourth-order valence-electron chi connectivity index (χ4n) is 2.13. The van der Waals surface area contributed by atoms with E-state index in [2.05, 4.69) is 16.3 Å². The Labute approximate surface area is 89.1 Å². The van der Waals surface area contributed by atoms with Gasteiger partial charge in [0.1, 0.15) is 10.8 Å². The quantitative estimate of drug-likeness (QED) is 0.834. The average Bonchev–Trinajstić information content (AvgIpc) is 2.75. The third kappa shape index (κ3) is 2.18. The van der Waals surface area contributed by atoms with Gasteiger partial charge in [-0.1, -0.05) is 12.8 Å². The molecule has 0 aliphatic heterocycles. The second-order valence-electron chi connectivity index (χ2n) is 4.12. The first-order valence-corrected chi connectivity index (χ1v) is 5.96. The second-order valence-corrected chi connectivity index (χ2v) is 4.90. The van der Waals surface area contributed by atoms with Crippen molar-refractivity contribution < 1.29 is 0 Å². The lowest BCUT2D eigenvalue weighted by molar-refractivity contribution is 0.548. The summed E-state index contributed by atoms with van der Waals surface area (Å²) >= 11 is 1.49. The molecule has 4 heteroatoms. The zero-order valence-electron chi connectivity index (χ0n) is 8.57. The van der Waals surface area contributed by atoms with Gasteiger partial charge in [-0.3, -0.25) is 0 Å². The number of hydrogen-bond acceptors (Lipinski definition) is 4. The van der Waals surface area contributed by atoms with Crippen molar-refractivity contribution >= 4 is 22.4 Å². The molecule has 2 N–H and O–H groups in total. The van der Waals surface area contributed by atoms with Crippen molar-refractivity contribution in [2.75, 3.05) is 24.2 Å². The Bertz CT molecular complexity index is 291. The molecule has 1 aromatic rings. The minimum atomic E-state index is 0.642. The van der Waals surface area contributed by atoms with Gasteiger partial charge in [0, 0.05) is 19.7 Å². The molecule has 78 valence electrons. The van der Waals surface area contributed by atoms with Crippen molar-refractivity contribution in [3.63, 3.8) is 0 Å². The maximum absolute atomic E-state index is 5.60. The predicted molar refractivity (Wildman–Crippen MR) is 61.8 cm³/mol. The largest absolute Gasteiger partial charge is 0.383 e. The van der Waals surface area contributed by atoms with Crippen LogP contribution in [0.3, 0.4) is 0 Å². The number of nitrogens with two attached hydrogens (primary N) is 1. The lowest BCUT2D eigenvalue weighted by atomic mass is 10.1. The van der Waals surface area contributed by atoms with Crippen molar-refractivity contribution in [3.8, 4) is 0 Å². The summed E-state index contributed by atoms with van der Waals surface area (Å²) in [7, 11) is 2.13. The van der Waals surface area contributed by atoms with E-state index < -0.39 is 0 Å². The van der Waals surface area contributed by atoms with E-state index >= 15 is 0 Å². The maximum atomic E-state index is 5.60. The number of anilines is 2. The molecule has 1 saturated carbocycles. The summed E-state index contributed by atoms with van der Waals surface area (Å²) < 4.78 is 4.09. The molecular weight excluding hydrogens is 194 g/mol. The van der Waals surface area contributed by atoms with Gasteiger partial charge in [-0.2, -0.15) is 4.37 Å². The van der Waals surface area contributed by atoms with Crippen LogP contribution in [-0.4, -0.2) is 18.0 Å². The topological polar surface area (TPSA) is 42.1 Å². The zero-order valence-corrected chi connectivity index (χ0v) is 9.39. The van der Waals surface area contributed by atoms with Crippen molar-refractivity contribution in [1.82, 2.24) is 4.37 Å². The summed E-state index contributed by atoms with van der Waals surface area (Å²) in [5, 5.41) is 1.19. The van der Waals surface area contributed by atoms with Crippen molar-refractivity contribution in [1.29, 1.82) is 0 Å². The molecule has 0 amide bonds. The van der Waals surface area contributed by atoms with Crippen LogP contribution in [0.15, 0.2) is 6.07 Å². The first-order valence-electron chi connectivity index (χ1n) is 5.19. The minimum Gasteiger partial charge on any atom is -0.383 e. The molecule has 2 rings (SSSR count). The fourth-order valence-corrected chi connectivity index (χ4v) is 2.77. The number of nitrogens with zero attached hydrogens (tertiary/aromatic N) is 2. The second kappa shape index (κ2) is 4.17. The standard InChI is InChI=1S/C10H17N3S/c1-13(7-8-4-2-3-5-8)10-6-9(11)12-14-10/h6,8H,2-5,7H2,1H3,(H2,11,12). The number of rotatable bonds is 3. The normalized spacial score (nSPS) is 17.5. The summed E-state index contributed by atoms with van der Waals surface area (Å²) in [6.45, 7) is 1.15. The zero-order chi connectivity index (χ0) is 9.97. The van der Waals surface area contributed by atoms with E-state index in [4.69, 9.17) is 5.73 Å². The minimum absolute atomic E-state index is 0.642. The van der Waals surface area contributed by atoms with Gasteiger partial charge in [0.05, 0.1) is 0 Å². The first-order chi connectivity index (χ1) is 6.75. The lowest BCUT2D eigenvalue weighted by Crippen LogP contribution is -2.22. The third-order valence-electron chi connectivity index (χ3n) is 2.90. The van der Waals surface area contributed by atoms with Gasteiger partial charge in [0.25, 0.3) is 0 Å². The van der Waals surface area contributed by atoms with E-state index in [9.17, 15) is 0 Å². The van der Waals surface area contributed by atoms with Crippen LogP contribution in [0.2, 0.25) is 0 Å². The number of nitrogen functional groups attached to an aromatic ring is 1. The number of aromatic nitrogens is 1. The van der Waals surface area contributed by atoms with E-state index in [0.717, 1.165) is 12.5 Å². The molecule has 14 heavy (non-hydrogen) atoms. The Morgan fingerprint density at radius 3 is 2.86 bits per heavy atom. The Hall–Kier alpha value is -0.770. The molecule has 1 aliphatic rings. The van der Waals surface area contributed by atoms with Crippen LogP contribution >= 0.6 is 11.5 Å². The van der Waals surface area contributed by atoms with Gasteiger partial charge >= 0.3 is 0 Å². The van der Waals surface area contributed by atoms with Crippen LogP contribution in [0.5, 0.6) is 0 Å². The van der Waals surface area contributed by atoms with Gasteiger partial charge in [-0.05, 0) is 30.3 Å². The Balaban J connectivity index is 1.91. The van der Waals surface area contributed by atoms with E-state index in [1.807, 2.05) is 6.07 Å². The maximum Gasteiger partial charge on any atom is 0.139 e. The number of hydrogen-bond donors (Lipinski definition) is 1. The summed E-state index contributed by atoms with van der Waals surface area (Å²) in [6.07, 6.45) is 5.59. The molecule has 0 spiro atoms. The van der Waals surface area contributed by atoms with E-state index in [1.165, 1.54) is 42.2 Å². The summed E-state index contributed by atoms with van der Waals surface area (Å²) in [5.41, 5.74) is 5.60. The van der Waals surface area contributed by atoms with Crippen LogP contribution in [0.1, 0.15) is 25.7 Å². The van der Waals surface area contributed by atoms with Crippen LogP contribution in [0, 0.1) is 5.92 Å². The van der Waals surface area contributed by atoms with Gasteiger partial charge < -0.3 is 10.6 Å². The highest BCUT2D eigenvalue weighted by Crippen LogP contribution is 2.28. The molecule has 0 unspecified atom stereocenters. The Morgan fingerprint density at radius 1 is 1.57 bits per heavy atom. The molecule has 0 bridgehead atoms. The summed E-state index contributed by atoms with van der Waals surface area (Å²) in [5.74, 6) is 1.52. The predicted octanol–water partition coefficient (Wildman–Crippen LogP) is 2.35. The van der Waals surface area contributed by atoms with Crippen LogP contribution < -0.4 is 10.6 Å². The summed E-state index contributed by atoms with van der Waals surface area (Å²) in [6, 6.07) is 1.96. The van der Waals surface area contributed by atoms with Crippen LogP contribution in [0.4, 0.5) is 10.8 Å². The molecule has 0 atom stereocenters. The fraction of sp³-hybridized carbons (Fsp3) is 0.700. The van der Waals surface area contributed by atoms with Crippen LogP contribution in [0.25, 0.3) is 0 Å². The van der Waals surface area contributed by atoms with Gasteiger partial charge in [-0.25, -0.2) is 0 Å². The highest BCUT2D eigenvalue weighted by atomic mass is 32.1. The lowest BCUT2D eigenvalue weighted by Gasteiger charge is -2.20. The van der Waals surface area contributed by atoms with Gasteiger partial charge in [0.15, 0.2) is 0 Å². The molecular formula is C10H17N3S. The van der Waals surface area contributed by atoms with Gasteiger partial charge in [-0.15, -0.1) is 0 Å². The molecule has 0 saturated heterocycles. The van der Waals surface area contributed by atoms with E-state index in [-0.39, 0.29) is 0 Å². The van der Waals surface area contributed by atoms with E-state index in [1.54, 1.807) is 0 Å². The Kier molecular flexibility index (Phi) is 2.91. The summed E-state index contributed by atoms with van der Waals surface area (Å²) in [4.78, 5) is 2.28. The average molecular weight is 211 g/mol. The SMILES string of the molecule is CN(CC1CCCC1)c1cc(N)ns1. The monoisotopic (exact) mass is 211 g/mol. The highest BCUT2D eigenvalue weighted by Gasteiger charge is 2.17. The molecule has 1 fully saturated rings. The molecule has 1 heterocycles. The molecule has 1 aromatic heterocycles. The molecule has 1 aliphatic carbocycles. The Morgan fingerprint density at radius 2 is 2.29 bits per heavy atom. The molecule has 0 radical (unpaired) electrons. The van der Waals surface area contributed by atoms with Crippen LogP contribution in [-0.2, 0) is 0 Å². The van der Waals surface area contributed by atoms with Gasteiger partial charge in [0.2, 0.25) is 0 Å². The third-order valence-corrected chi connectivity index (χ3v) is 3.82. The van der Waals surface area contributed by atoms with Crippen molar-refractivity contribution in [2.45, 2.75) is 25.7 Å². The highest BCUT2D eigenvalue weighted by molar-refractivity contribution is 7.10.